The van der Waals surface area contributed by atoms with Crippen molar-refractivity contribution in [1.82, 2.24) is 5.32 Å². The first-order valence-corrected chi connectivity index (χ1v) is 9.98. The number of carbonyl (C=O) groups is 1. The second-order valence-electron chi connectivity index (χ2n) is 7.00. The summed E-state index contributed by atoms with van der Waals surface area (Å²) in [6.07, 6.45) is 17.8. The molecule has 1 N–H and O–H groups in total. The van der Waals surface area contributed by atoms with E-state index >= 15 is 0 Å². The SMILES string of the molecule is CC(C)(C)OC(=O)N[C@H](CS[C]1[CH][CH][CH][CH]1)c1ccccc1.[CH]1[CH][CH][CH][CH]1.[Fe+2]. The molecule has 2 aliphatic carbocycles. The van der Waals surface area contributed by atoms with Gasteiger partial charge >= 0.3 is 23.2 Å². The molecular weight excluding hydrogens is 410 g/mol. The van der Waals surface area contributed by atoms with Gasteiger partial charge in [-0.15, -0.1) is 0 Å². The van der Waals surface area contributed by atoms with Gasteiger partial charge in [-0.3, -0.25) is 0 Å². The van der Waals surface area contributed by atoms with Gasteiger partial charge in [0, 0.05) is 11.0 Å². The molecule has 28 heavy (non-hydrogen) atoms. The molecule has 0 heterocycles. The van der Waals surface area contributed by atoms with Crippen LogP contribution in [0.5, 0.6) is 0 Å². The number of alkyl carbamates (subject to hydrolysis) is 1. The van der Waals surface area contributed by atoms with Gasteiger partial charge in [-0.05, 0) is 84.1 Å². The van der Waals surface area contributed by atoms with Crippen LogP contribution in [0.2, 0.25) is 0 Å². The van der Waals surface area contributed by atoms with Crippen molar-refractivity contribution in [2.75, 3.05) is 5.75 Å². The molecule has 0 spiro atoms. The Kier molecular flexibility index (Phi) is 12.3. The number of thioether (sulfide) groups is 1. The molecule has 0 aliphatic heterocycles. The van der Waals surface area contributed by atoms with Gasteiger partial charge in [0.15, 0.2) is 0 Å². The fraction of sp³-hybridized carbons (Fsp3) is 0.261. The minimum Gasteiger partial charge on any atom is -0.444 e. The molecule has 0 aromatic heterocycles. The van der Waals surface area contributed by atoms with E-state index in [1.807, 2.05) is 96.0 Å². The van der Waals surface area contributed by atoms with Gasteiger partial charge in [-0.25, -0.2) is 4.79 Å². The quantitative estimate of drug-likeness (QED) is 0.630. The minimum absolute atomic E-state index is 0. The molecule has 3 nitrogen and oxygen atoms in total. The van der Waals surface area contributed by atoms with Gasteiger partial charge in [0.2, 0.25) is 0 Å². The number of nitrogens with one attached hydrogen (secondary N) is 1. The molecule has 10 radical (unpaired) electrons. The van der Waals surface area contributed by atoms with Crippen molar-refractivity contribution < 1.29 is 26.6 Å². The van der Waals surface area contributed by atoms with Gasteiger partial charge < -0.3 is 10.1 Å². The summed E-state index contributed by atoms with van der Waals surface area (Å²) in [6.45, 7) is 5.59. The molecular formula is C23H27FeNO2S+2. The van der Waals surface area contributed by atoms with Crippen molar-refractivity contribution in [2.45, 2.75) is 32.4 Å². The summed E-state index contributed by atoms with van der Waals surface area (Å²) in [5.41, 5.74) is 0.580. The predicted molar refractivity (Wildman–Crippen MR) is 113 cm³/mol. The largest absolute Gasteiger partial charge is 2.00 e. The zero-order valence-corrected chi connectivity index (χ0v) is 18.4. The van der Waals surface area contributed by atoms with Crippen LogP contribution in [0.15, 0.2) is 30.3 Å². The summed E-state index contributed by atoms with van der Waals surface area (Å²) in [5, 5.41) is 4.17. The van der Waals surface area contributed by atoms with E-state index in [4.69, 9.17) is 4.74 Å². The van der Waals surface area contributed by atoms with Crippen LogP contribution in [0.3, 0.4) is 0 Å². The molecule has 1 atom stereocenters. The Morgan fingerprint density at radius 1 is 0.964 bits per heavy atom. The van der Waals surface area contributed by atoms with Gasteiger partial charge in [0.05, 0.1) is 6.04 Å². The fourth-order valence-corrected chi connectivity index (χ4v) is 3.29. The average molecular weight is 437 g/mol. The second-order valence-corrected chi connectivity index (χ2v) is 8.10. The van der Waals surface area contributed by atoms with Gasteiger partial charge in [-0.1, -0.05) is 30.3 Å². The van der Waals surface area contributed by atoms with Crippen LogP contribution >= 0.6 is 11.8 Å². The molecule has 3 rings (SSSR count). The van der Waals surface area contributed by atoms with Crippen LogP contribution in [0, 0.1) is 63.0 Å². The van der Waals surface area contributed by atoms with Crippen LogP contribution in [0.4, 0.5) is 4.79 Å². The molecule has 0 saturated heterocycles. The van der Waals surface area contributed by atoms with Crippen LogP contribution in [-0.4, -0.2) is 17.4 Å². The molecule has 1 amide bonds. The summed E-state index contributed by atoms with van der Waals surface area (Å²) >= 11 is 1.72. The van der Waals surface area contributed by atoms with E-state index in [9.17, 15) is 4.79 Å². The van der Waals surface area contributed by atoms with E-state index in [0.717, 1.165) is 11.3 Å². The zero-order valence-electron chi connectivity index (χ0n) is 16.4. The summed E-state index contributed by atoms with van der Waals surface area (Å²) in [5.74, 6) is 0.757. The molecule has 0 unspecified atom stereocenters. The van der Waals surface area contributed by atoms with E-state index in [1.165, 1.54) is 5.25 Å². The molecule has 148 valence electrons. The second kappa shape index (κ2) is 13.6. The number of carbonyl (C=O) groups excluding carboxylic acids is 1. The number of hydrogen-bond acceptors (Lipinski definition) is 3. The van der Waals surface area contributed by atoms with E-state index in [2.05, 4.69) is 18.2 Å². The topological polar surface area (TPSA) is 38.3 Å². The minimum atomic E-state index is -0.496. The number of rotatable bonds is 5. The number of benzene rings is 1. The first-order valence-electron chi connectivity index (χ1n) is 9.00. The Labute approximate surface area is 186 Å². The molecule has 0 bridgehead atoms. The maximum atomic E-state index is 12.1. The van der Waals surface area contributed by atoms with Crippen molar-refractivity contribution in [2.24, 2.45) is 0 Å². The third-order valence-corrected chi connectivity index (χ3v) is 4.60. The van der Waals surface area contributed by atoms with Crippen molar-refractivity contribution in [1.29, 1.82) is 0 Å². The third kappa shape index (κ3) is 10.8. The van der Waals surface area contributed by atoms with Crippen LogP contribution in [0.1, 0.15) is 32.4 Å². The van der Waals surface area contributed by atoms with Gasteiger partial charge in [0.1, 0.15) is 5.60 Å². The predicted octanol–water partition coefficient (Wildman–Crippen LogP) is 5.37. The molecule has 1 aromatic carbocycles. The Morgan fingerprint density at radius 3 is 2.00 bits per heavy atom. The van der Waals surface area contributed by atoms with E-state index in [0.29, 0.717) is 0 Å². The van der Waals surface area contributed by atoms with Crippen molar-refractivity contribution >= 4 is 17.9 Å². The summed E-state index contributed by atoms with van der Waals surface area (Å²) < 4.78 is 5.37. The summed E-state index contributed by atoms with van der Waals surface area (Å²) in [4.78, 5) is 12.1. The van der Waals surface area contributed by atoms with E-state index in [-0.39, 0.29) is 29.2 Å². The summed E-state index contributed by atoms with van der Waals surface area (Å²) in [7, 11) is 0. The standard InChI is InChI=1S/C18H22NO2S.C5H5.Fe/c1-18(2,3)21-17(20)19-16(14-9-5-4-6-10-14)13-22-15-11-7-8-12-15;1-2-4-5-3-1;/h4-12,16H,13H2,1-3H3,(H,19,20);1-5H;/q;;+2/t16-;;/m1../s1. The maximum Gasteiger partial charge on any atom is 2.00 e. The summed E-state index contributed by atoms with van der Waals surface area (Å²) in [6, 6.07) is 9.88. The third-order valence-electron chi connectivity index (χ3n) is 3.50. The Morgan fingerprint density at radius 2 is 1.50 bits per heavy atom. The maximum absolute atomic E-state index is 12.1. The van der Waals surface area contributed by atoms with E-state index < -0.39 is 5.60 Å². The first-order chi connectivity index (χ1) is 12.9. The average Bonchev–Trinajstić information content (AvgIpc) is 3.33. The van der Waals surface area contributed by atoms with Gasteiger partial charge in [-0.2, -0.15) is 11.8 Å². The molecule has 2 saturated carbocycles. The molecule has 5 heteroatoms. The van der Waals surface area contributed by atoms with Crippen LogP contribution in [-0.2, 0) is 21.8 Å². The van der Waals surface area contributed by atoms with Crippen molar-refractivity contribution in [3.05, 3.63) is 98.9 Å². The fourth-order valence-electron chi connectivity index (χ4n) is 2.31. The van der Waals surface area contributed by atoms with Crippen LogP contribution in [0.25, 0.3) is 0 Å². The van der Waals surface area contributed by atoms with E-state index in [1.54, 1.807) is 11.8 Å². The molecule has 1 aromatic rings. The zero-order chi connectivity index (χ0) is 19.5. The molecule has 2 aliphatic rings. The first kappa shape index (κ1) is 25.4. The normalized spacial score (nSPS) is 17.8. The van der Waals surface area contributed by atoms with Gasteiger partial charge in [0.25, 0.3) is 0 Å². The van der Waals surface area contributed by atoms with Crippen molar-refractivity contribution in [3.63, 3.8) is 0 Å². The van der Waals surface area contributed by atoms with Crippen molar-refractivity contribution in [3.8, 4) is 0 Å². The Hall–Kier alpha value is -0.641. The van der Waals surface area contributed by atoms with Crippen LogP contribution < -0.4 is 5.32 Å². The number of amides is 1. The number of ether oxygens (including phenoxy) is 1. The Balaban J connectivity index is 0.000000567. The molecule has 2 fully saturated rings. The number of hydrogen-bond donors (Lipinski definition) is 1. The monoisotopic (exact) mass is 437 g/mol. The smallest absolute Gasteiger partial charge is 0.444 e. The Bertz CT molecular complexity index is 530.